The lowest BCUT2D eigenvalue weighted by atomic mass is 10.1. The van der Waals surface area contributed by atoms with E-state index in [0.29, 0.717) is 13.0 Å². The molecule has 1 rings (SSSR count). The van der Waals surface area contributed by atoms with Gasteiger partial charge in [0.05, 0.1) is 0 Å². The molecule has 80 valence electrons. The van der Waals surface area contributed by atoms with Gasteiger partial charge in [-0.05, 0) is 6.92 Å². The van der Waals surface area contributed by atoms with Crippen molar-refractivity contribution >= 4 is 5.97 Å². The Morgan fingerprint density at radius 2 is 2.29 bits per heavy atom. The highest BCUT2D eigenvalue weighted by molar-refractivity contribution is 5.86. The normalized spacial score (nSPS) is 21.2. The molecule has 0 spiro atoms. The maximum Gasteiger partial charge on any atom is 0.333 e. The Bertz CT molecular complexity index is 246. The maximum atomic E-state index is 13.1. The molecular weight excluding hydrogens is 194 g/mol. The third-order valence-electron chi connectivity index (χ3n) is 1.91. The van der Waals surface area contributed by atoms with Gasteiger partial charge in [0, 0.05) is 18.6 Å². The zero-order valence-corrected chi connectivity index (χ0v) is 7.89. The zero-order chi connectivity index (χ0) is 10.8. The van der Waals surface area contributed by atoms with E-state index < -0.39 is 24.6 Å². The molecule has 14 heavy (non-hydrogen) atoms. The van der Waals surface area contributed by atoms with E-state index in [2.05, 4.69) is 16.1 Å². The first-order valence-corrected chi connectivity index (χ1v) is 4.25. The average molecular weight is 206 g/mol. The lowest BCUT2D eigenvalue weighted by molar-refractivity contribution is -0.215. The molecule has 0 aliphatic carbocycles. The van der Waals surface area contributed by atoms with Crippen LogP contribution in [0.3, 0.4) is 0 Å². The average Bonchev–Trinajstić information content (AvgIpc) is 1.95. The Hall–Kier alpha value is -0.970. The Morgan fingerprint density at radius 3 is 2.64 bits per heavy atom. The SMILES string of the molecule is C=C(C)C(=O)OCC(F)(F)C1CCO1. The minimum absolute atomic E-state index is 0.107. The highest BCUT2D eigenvalue weighted by Crippen LogP contribution is 2.29. The van der Waals surface area contributed by atoms with E-state index in [0.717, 1.165) is 0 Å². The number of halogens is 2. The number of alkyl halides is 2. The van der Waals surface area contributed by atoms with Gasteiger partial charge < -0.3 is 9.47 Å². The lowest BCUT2D eigenvalue weighted by Crippen LogP contribution is -2.47. The fourth-order valence-electron chi connectivity index (χ4n) is 0.947. The van der Waals surface area contributed by atoms with E-state index in [9.17, 15) is 13.6 Å². The smallest absolute Gasteiger partial charge is 0.333 e. The van der Waals surface area contributed by atoms with Crippen LogP contribution in [0.2, 0.25) is 0 Å². The first kappa shape index (κ1) is 11.1. The van der Waals surface area contributed by atoms with E-state index in [1.807, 2.05) is 0 Å². The number of hydrogen-bond acceptors (Lipinski definition) is 3. The Kier molecular flexibility index (Phi) is 3.21. The predicted molar refractivity (Wildman–Crippen MR) is 45.1 cm³/mol. The van der Waals surface area contributed by atoms with Crippen LogP contribution in [0.15, 0.2) is 12.2 Å². The van der Waals surface area contributed by atoms with Gasteiger partial charge in [-0.15, -0.1) is 0 Å². The van der Waals surface area contributed by atoms with Gasteiger partial charge in [-0.2, -0.15) is 8.78 Å². The van der Waals surface area contributed by atoms with E-state index in [4.69, 9.17) is 0 Å². The first-order chi connectivity index (χ1) is 6.43. The molecule has 1 aliphatic rings. The van der Waals surface area contributed by atoms with Crippen molar-refractivity contribution < 1.29 is 23.0 Å². The van der Waals surface area contributed by atoms with Crippen LogP contribution in [-0.4, -0.2) is 31.2 Å². The molecule has 0 saturated carbocycles. The van der Waals surface area contributed by atoms with Gasteiger partial charge >= 0.3 is 11.9 Å². The molecule has 1 unspecified atom stereocenters. The fraction of sp³-hybridized carbons (Fsp3) is 0.667. The van der Waals surface area contributed by atoms with Crippen LogP contribution >= 0.6 is 0 Å². The molecule has 0 N–H and O–H groups in total. The minimum atomic E-state index is -3.09. The number of carbonyl (C=O) groups is 1. The van der Waals surface area contributed by atoms with Crippen molar-refractivity contribution in [3.63, 3.8) is 0 Å². The second-order valence-electron chi connectivity index (χ2n) is 3.27. The second kappa shape index (κ2) is 4.04. The maximum absolute atomic E-state index is 13.1. The van der Waals surface area contributed by atoms with E-state index in [-0.39, 0.29) is 5.57 Å². The van der Waals surface area contributed by atoms with Crippen molar-refractivity contribution in [1.29, 1.82) is 0 Å². The highest BCUT2D eigenvalue weighted by Gasteiger charge is 2.45. The Morgan fingerprint density at radius 1 is 1.71 bits per heavy atom. The van der Waals surface area contributed by atoms with Gasteiger partial charge in [0.1, 0.15) is 6.10 Å². The molecule has 1 saturated heterocycles. The molecule has 0 amide bonds. The summed E-state index contributed by atoms with van der Waals surface area (Å²) < 4.78 is 35.1. The van der Waals surface area contributed by atoms with Crippen molar-refractivity contribution in [3.8, 4) is 0 Å². The first-order valence-electron chi connectivity index (χ1n) is 4.25. The predicted octanol–water partition coefficient (Wildman–Crippen LogP) is 1.53. The monoisotopic (exact) mass is 206 g/mol. The van der Waals surface area contributed by atoms with Gasteiger partial charge in [0.15, 0.2) is 6.61 Å². The Labute approximate surface area is 80.7 Å². The lowest BCUT2D eigenvalue weighted by Gasteiger charge is -2.33. The number of hydrogen-bond donors (Lipinski definition) is 0. The summed E-state index contributed by atoms with van der Waals surface area (Å²) >= 11 is 0. The van der Waals surface area contributed by atoms with Crippen LogP contribution in [0.1, 0.15) is 13.3 Å². The third kappa shape index (κ3) is 2.51. The van der Waals surface area contributed by atoms with Crippen molar-refractivity contribution in [2.45, 2.75) is 25.4 Å². The fourth-order valence-corrected chi connectivity index (χ4v) is 0.947. The second-order valence-corrected chi connectivity index (χ2v) is 3.27. The van der Waals surface area contributed by atoms with Crippen LogP contribution < -0.4 is 0 Å². The van der Waals surface area contributed by atoms with Crippen molar-refractivity contribution in [1.82, 2.24) is 0 Å². The quantitative estimate of drug-likeness (QED) is 0.517. The molecule has 3 nitrogen and oxygen atoms in total. The van der Waals surface area contributed by atoms with Crippen LogP contribution in [0.4, 0.5) is 8.78 Å². The molecule has 1 atom stereocenters. The van der Waals surface area contributed by atoms with Crippen molar-refractivity contribution in [2.24, 2.45) is 0 Å². The summed E-state index contributed by atoms with van der Waals surface area (Å²) in [7, 11) is 0. The van der Waals surface area contributed by atoms with E-state index >= 15 is 0 Å². The summed E-state index contributed by atoms with van der Waals surface area (Å²) in [5.41, 5.74) is 0.107. The van der Waals surface area contributed by atoms with Gasteiger partial charge in [0.25, 0.3) is 0 Å². The largest absolute Gasteiger partial charge is 0.456 e. The molecule has 0 aromatic carbocycles. The Balaban J connectivity index is 2.35. The molecule has 0 radical (unpaired) electrons. The summed E-state index contributed by atoms with van der Waals surface area (Å²) in [4.78, 5) is 10.8. The standard InChI is InChI=1S/C9H12F2O3/c1-6(2)8(12)14-5-9(10,11)7-3-4-13-7/h7H,1,3-5H2,2H3. The minimum Gasteiger partial charge on any atom is -0.456 e. The molecule has 0 bridgehead atoms. The molecule has 1 fully saturated rings. The van der Waals surface area contributed by atoms with E-state index in [1.54, 1.807) is 0 Å². The van der Waals surface area contributed by atoms with Crippen molar-refractivity contribution in [2.75, 3.05) is 13.2 Å². The molecule has 1 heterocycles. The summed E-state index contributed by atoms with van der Waals surface area (Å²) in [6.07, 6.45) is -0.808. The molecular formula is C9H12F2O3. The summed E-state index contributed by atoms with van der Waals surface area (Å²) in [5, 5.41) is 0. The van der Waals surface area contributed by atoms with Crippen LogP contribution in [0, 0.1) is 0 Å². The molecule has 0 aromatic rings. The van der Waals surface area contributed by atoms with Gasteiger partial charge in [-0.3, -0.25) is 0 Å². The summed E-state index contributed by atoms with van der Waals surface area (Å²) in [6.45, 7) is 4.09. The van der Waals surface area contributed by atoms with Gasteiger partial charge in [0.2, 0.25) is 0 Å². The van der Waals surface area contributed by atoms with Crippen molar-refractivity contribution in [3.05, 3.63) is 12.2 Å². The van der Waals surface area contributed by atoms with E-state index in [1.165, 1.54) is 6.92 Å². The molecule has 1 aliphatic heterocycles. The van der Waals surface area contributed by atoms with Crippen LogP contribution in [0.25, 0.3) is 0 Å². The topological polar surface area (TPSA) is 35.5 Å². The molecule has 0 aromatic heterocycles. The van der Waals surface area contributed by atoms with Gasteiger partial charge in [-0.1, -0.05) is 6.58 Å². The number of ether oxygens (including phenoxy) is 2. The van der Waals surface area contributed by atoms with Crippen LogP contribution in [-0.2, 0) is 14.3 Å². The van der Waals surface area contributed by atoms with Gasteiger partial charge in [-0.25, -0.2) is 4.79 Å². The summed E-state index contributed by atoms with van der Waals surface area (Å²) in [6, 6.07) is 0. The summed E-state index contributed by atoms with van der Waals surface area (Å²) in [5.74, 6) is -3.90. The highest BCUT2D eigenvalue weighted by atomic mass is 19.3. The zero-order valence-electron chi connectivity index (χ0n) is 7.89. The number of carbonyl (C=O) groups excluding carboxylic acids is 1. The number of rotatable bonds is 4. The number of esters is 1. The van der Waals surface area contributed by atoms with Crippen LogP contribution in [0.5, 0.6) is 0 Å². The molecule has 5 heteroatoms. The third-order valence-corrected chi connectivity index (χ3v) is 1.91.